The van der Waals surface area contributed by atoms with Gasteiger partial charge >= 0.3 is 0 Å². The lowest BCUT2D eigenvalue weighted by Crippen LogP contribution is -2.08. The topological polar surface area (TPSA) is 77.4 Å². The molecular weight excluding hydrogens is 492 g/mol. The maximum atomic E-state index is 9.73. The Morgan fingerprint density at radius 2 is 1.41 bits per heavy atom. The van der Waals surface area contributed by atoms with Crippen LogP contribution in [0.3, 0.4) is 0 Å². The van der Waals surface area contributed by atoms with E-state index in [2.05, 4.69) is 6.58 Å². The molecule has 0 saturated carbocycles. The Morgan fingerprint density at radius 3 is 2.03 bits per heavy atom. The average molecular weight is 527 g/mol. The van der Waals surface area contributed by atoms with Crippen LogP contribution in [-0.4, -0.2) is 17.3 Å². The van der Waals surface area contributed by atoms with Crippen LogP contribution in [0.2, 0.25) is 0 Å². The SMILES string of the molecule is C=Cc1ccc(CCC(OO)c2ccc(C(OO)c3ccc(OCOc4ccc(C)cc4)c(C)c3)cc2)cc1. The first kappa shape index (κ1) is 28.1. The Hall–Kier alpha value is -3.94. The van der Waals surface area contributed by atoms with Crippen molar-refractivity contribution in [2.45, 2.75) is 38.9 Å². The highest BCUT2D eigenvalue weighted by atomic mass is 17.1. The summed E-state index contributed by atoms with van der Waals surface area (Å²) in [5.41, 5.74) is 6.62. The summed E-state index contributed by atoms with van der Waals surface area (Å²) in [7, 11) is 0. The van der Waals surface area contributed by atoms with E-state index in [0.29, 0.717) is 12.2 Å². The average Bonchev–Trinajstić information content (AvgIpc) is 2.97. The van der Waals surface area contributed by atoms with Crippen LogP contribution < -0.4 is 9.47 Å². The first-order valence-electron chi connectivity index (χ1n) is 12.8. The molecule has 0 aliphatic heterocycles. The van der Waals surface area contributed by atoms with Gasteiger partial charge in [-0.15, -0.1) is 0 Å². The van der Waals surface area contributed by atoms with E-state index < -0.39 is 12.2 Å². The normalized spacial score (nSPS) is 12.5. The second-order valence-corrected chi connectivity index (χ2v) is 9.48. The molecular formula is C33H34O6. The molecule has 0 radical (unpaired) electrons. The molecule has 39 heavy (non-hydrogen) atoms. The van der Waals surface area contributed by atoms with Crippen molar-refractivity contribution in [3.63, 3.8) is 0 Å². The monoisotopic (exact) mass is 526 g/mol. The van der Waals surface area contributed by atoms with E-state index in [4.69, 9.17) is 19.2 Å². The van der Waals surface area contributed by atoms with E-state index in [1.807, 2.05) is 105 Å². The van der Waals surface area contributed by atoms with Crippen LogP contribution in [0.4, 0.5) is 0 Å². The molecule has 2 unspecified atom stereocenters. The van der Waals surface area contributed by atoms with Gasteiger partial charge in [0.15, 0.2) is 0 Å². The molecule has 0 spiro atoms. The smallest absolute Gasteiger partial charge is 0.230 e. The predicted molar refractivity (Wildman–Crippen MR) is 152 cm³/mol. The van der Waals surface area contributed by atoms with Crippen molar-refractivity contribution in [1.29, 1.82) is 0 Å². The lowest BCUT2D eigenvalue weighted by Gasteiger charge is -2.18. The summed E-state index contributed by atoms with van der Waals surface area (Å²) in [5, 5.41) is 19.3. The van der Waals surface area contributed by atoms with Crippen molar-refractivity contribution in [3.05, 3.63) is 137 Å². The molecule has 0 saturated heterocycles. The summed E-state index contributed by atoms with van der Waals surface area (Å²) in [6.07, 6.45) is 1.99. The Labute approximate surface area is 229 Å². The van der Waals surface area contributed by atoms with Gasteiger partial charge in [-0.25, -0.2) is 9.78 Å². The lowest BCUT2D eigenvalue weighted by molar-refractivity contribution is -0.283. The third kappa shape index (κ3) is 7.56. The zero-order valence-electron chi connectivity index (χ0n) is 22.2. The van der Waals surface area contributed by atoms with Gasteiger partial charge in [0.2, 0.25) is 6.79 Å². The van der Waals surface area contributed by atoms with Gasteiger partial charge in [-0.2, -0.15) is 0 Å². The Kier molecular flexibility index (Phi) is 9.89. The molecule has 4 aromatic carbocycles. The summed E-state index contributed by atoms with van der Waals surface area (Å²) in [4.78, 5) is 9.65. The first-order chi connectivity index (χ1) is 19.0. The Bertz CT molecular complexity index is 1330. The molecule has 0 fully saturated rings. The minimum absolute atomic E-state index is 0.0822. The molecule has 2 N–H and O–H groups in total. The van der Waals surface area contributed by atoms with Crippen LogP contribution in [-0.2, 0) is 16.2 Å². The molecule has 0 aromatic heterocycles. The number of benzene rings is 4. The molecule has 202 valence electrons. The largest absolute Gasteiger partial charge is 0.458 e. The maximum absolute atomic E-state index is 9.73. The Balaban J connectivity index is 1.37. The van der Waals surface area contributed by atoms with E-state index in [0.717, 1.165) is 51.1 Å². The fourth-order valence-corrected chi connectivity index (χ4v) is 4.39. The minimum Gasteiger partial charge on any atom is -0.458 e. The number of rotatable bonds is 13. The summed E-state index contributed by atoms with van der Waals surface area (Å²) in [6.45, 7) is 7.81. The van der Waals surface area contributed by atoms with Crippen molar-refractivity contribution in [2.24, 2.45) is 0 Å². The van der Waals surface area contributed by atoms with Gasteiger partial charge < -0.3 is 9.47 Å². The summed E-state index contributed by atoms with van der Waals surface area (Å²) in [6, 6.07) is 28.9. The second kappa shape index (κ2) is 13.7. The molecule has 6 nitrogen and oxygen atoms in total. The van der Waals surface area contributed by atoms with E-state index in [9.17, 15) is 10.5 Å². The van der Waals surface area contributed by atoms with Crippen LogP contribution in [0.15, 0.2) is 97.6 Å². The summed E-state index contributed by atoms with van der Waals surface area (Å²) >= 11 is 0. The predicted octanol–water partition coefficient (Wildman–Crippen LogP) is 8.10. The second-order valence-electron chi connectivity index (χ2n) is 9.48. The van der Waals surface area contributed by atoms with Crippen molar-refractivity contribution in [1.82, 2.24) is 0 Å². The molecule has 4 rings (SSSR count). The van der Waals surface area contributed by atoms with Crippen molar-refractivity contribution in [3.8, 4) is 11.5 Å². The fourth-order valence-electron chi connectivity index (χ4n) is 4.39. The molecule has 2 atom stereocenters. The summed E-state index contributed by atoms with van der Waals surface area (Å²) < 4.78 is 11.5. The number of hydrogen-bond acceptors (Lipinski definition) is 6. The highest BCUT2D eigenvalue weighted by Gasteiger charge is 2.18. The molecule has 0 aliphatic carbocycles. The molecule has 0 aliphatic rings. The standard InChI is InChI=1S/C33H34O6/c1-4-25-7-9-26(10-8-25)11-19-32(38-34)27-12-14-28(15-13-27)33(39-35)29-16-20-31(24(3)21-29)37-22-36-30-17-5-23(2)6-18-30/h4-10,12-18,20-21,32-35H,1,11,19,22H2,2-3H3. The molecule has 6 heteroatoms. The third-order valence-electron chi connectivity index (χ3n) is 6.72. The third-order valence-corrected chi connectivity index (χ3v) is 6.72. The van der Waals surface area contributed by atoms with Gasteiger partial charge in [0.1, 0.15) is 23.7 Å². The zero-order chi connectivity index (χ0) is 27.6. The van der Waals surface area contributed by atoms with Gasteiger partial charge in [-0.05, 0) is 84.3 Å². The molecule has 4 aromatic rings. The fraction of sp³-hybridized carbons (Fsp3) is 0.212. The molecule has 0 bridgehead atoms. The van der Waals surface area contributed by atoms with Crippen LogP contribution in [0.25, 0.3) is 6.08 Å². The lowest BCUT2D eigenvalue weighted by atomic mass is 9.96. The number of ether oxygens (including phenoxy) is 2. The van der Waals surface area contributed by atoms with E-state index in [-0.39, 0.29) is 6.79 Å². The van der Waals surface area contributed by atoms with Gasteiger partial charge in [0, 0.05) is 0 Å². The van der Waals surface area contributed by atoms with Gasteiger partial charge in [0.25, 0.3) is 0 Å². The number of aryl methyl sites for hydroxylation is 3. The van der Waals surface area contributed by atoms with E-state index >= 15 is 0 Å². The quantitative estimate of drug-likeness (QED) is 0.104. The van der Waals surface area contributed by atoms with Gasteiger partial charge in [-0.3, -0.25) is 10.5 Å². The van der Waals surface area contributed by atoms with Gasteiger partial charge in [-0.1, -0.05) is 84.9 Å². The zero-order valence-corrected chi connectivity index (χ0v) is 22.2. The highest BCUT2D eigenvalue weighted by molar-refractivity contribution is 5.47. The van der Waals surface area contributed by atoms with E-state index in [1.165, 1.54) is 0 Å². The minimum atomic E-state index is -0.688. The van der Waals surface area contributed by atoms with Crippen molar-refractivity contribution >= 4 is 6.08 Å². The van der Waals surface area contributed by atoms with Gasteiger partial charge in [0.05, 0.1) is 0 Å². The highest BCUT2D eigenvalue weighted by Crippen LogP contribution is 2.31. The Morgan fingerprint density at radius 1 is 0.744 bits per heavy atom. The molecule has 0 amide bonds. The first-order valence-corrected chi connectivity index (χ1v) is 12.8. The van der Waals surface area contributed by atoms with Crippen LogP contribution in [0.5, 0.6) is 11.5 Å². The van der Waals surface area contributed by atoms with Crippen LogP contribution >= 0.6 is 0 Å². The van der Waals surface area contributed by atoms with Crippen molar-refractivity contribution in [2.75, 3.05) is 6.79 Å². The molecule has 0 heterocycles. The number of hydrogen-bond donors (Lipinski definition) is 2. The van der Waals surface area contributed by atoms with Crippen LogP contribution in [0, 0.1) is 13.8 Å². The maximum Gasteiger partial charge on any atom is 0.230 e. The summed E-state index contributed by atoms with van der Waals surface area (Å²) in [5.74, 6) is 1.42. The van der Waals surface area contributed by atoms with Crippen molar-refractivity contribution < 1.29 is 29.8 Å². The van der Waals surface area contributed by atoms with E-state index in [1.54, 1.807) is 6.08 Å². The van der Waals surface area contributed by atoms with Crippen LogP contribution in [0.1, 0.15) is 57.6 Å².